The van der Waals surface area contributed by atoms with Gasteiger partial charge in [-0.05, 0) is 6.42 Å². The standard InChI is InChI=1S/C11H20N4O4S/c1-19-5-4-15-8-9(7-13-15)14-11(16)10(12)3-6-20(2,17)18/h7-8,10H,3-6,12H2,1-2H3,(H,14,16). The predicted octanol–water partition coefficient (Wildman–Crippen LogP) is -0.770. The van der Waals surface area contributed by atoms with E-state index in [0.717, 1.165) is 6.26 Å². The summed E-state index contributed by atoms with van der Waals surface area (Å²) in [6, 6.07) is -0.868. The van der Waals surface area contributed by atoms with Crippen molar-refractivity contribution in [3.8, 4) is 0 Å². The van der Waals surface area contributed by atoms with E-state index in [1.54, 1.807) is 18.0 Å². The second kappa shape index (κ2) is 7.36. The Labute approximate surface area is 118 Å². The van der Waals surface area contributed by atoms with Gasteiger partial charge in [0, 0.05) is 19.6 Å². The van der Waals surface area contributed by atoms with E-state index in [9.17, 15) is 13.2 Å². The van der Waals surface area contributed by atoms with Crippen LogP contribution in [0.5, 0.6) is 0 Å². The van der Waals surface area contributed by atoms with Gasteiger partial charge in [-0.2, -0.15) is 5.10 Å². The van der Waals surface area contributed by atoms with E-state index in [4.69, 9.17) is 10.5 Å². The molecule has 0 spiro atoms. The molecule has 0 aliphatic heterocycles. The number of hydrogen-bond acceptors (Lipinski definition) is 6. The molecule has 0 aromatic carbocycles. The molecular weight excluding hydrogens is 284 g/mol. The molecular formula is C11H20N4O4S. The zero-order chi connectivity index (χ0) is 15.2. The normalized spacial score (nSPS) is 13.2. The van der Waals surface area contributed by atoms with Gasteiger partial charge in [-0.15, -0.1) is 0 Å². The van der Waals surface area contributed by atoms with Gasteiger partial charge in [-0.3, -0.25) is 9.48 Å². The molecule has 1 aromatic rings. The molecule has 20 heavy (non-hydrogen) atoms. The highest BCUT2D eigenvalue weighted by atomic mass is 32.2. The van der Waals surface area contributed by atoms with Gasteiger partial charge in [0.2, 0.25) is 5.91 Å². The number of carbonyl (C=O) groups excluding carboxylic acids is 1. The van der Waals surface area contributed by atoms with Crippen molar-refractivity contribution in [2.24, 2.45) is 5.73 Å². The van der Waals surface area contributed by atoms with Crippen LogP contribution in [0.15, 0.2) is 12.4 Å². The Balaban J connectivity index is 2.46. The highest BCUT2D eigenvalue weighted by Gasteiger charge is 2.16. The van der Waals surface area contributed by atoms with Gasteiger partial charge in [-0.1, -0.05) is 0 Å². The van der Waals surface area contributed by atoms with E-state index >= 15 is 0 Å². The van der Waals surface area contributed by atoms with E-state index in [1.807, 2.05) is 0 Å². The maximum atomic E-state index is 11.8. The largest absolute Gasteiger partial charge is 0.383 e. The van der Waals surface area contributed by atoms with Gasteiger partial charge in [-0.25, -0.2) is 8.42 Å². The second-order valence-electron chi connectivity index (χ2n) is 4.50. The van der Waals surface area contributed by atoms with Crippen molar-refractivity contribution < 1.29 is 17.9 Å². The van der Waals surface area contributed by atoms with Crippen molar-refractivity contribution in [2.75, 3.05) is 31.0 Å². The molecule has 1 heterocycles. The lowest BCUT2D eigenvalue weighted by Crippen LogP contribution is -2.37. The monoisotopic (exact) mass is 304 g/mol. The number of hydrogen-bond donors (Lipinski definition) is 2. The molecule has 0 aliphatic carbocycles. The first-order chi connectivity index (χ1) is 9.31. The van der Waals surface area contributed by atoms with Gasteiger partial charge in [0.05, 0.1) is 36.8 Å². The first kappa shape index (κ1) is 16.6. The Morgan fingerprint density at radius 2 is 2.30 bits per heavy atom. The maximum Gasteiger partial charge on any atom is 0.241 e. The molecule has 0 saturated heterocycles. The summed E-state index contributed by atoms with van der Waals surface area (Å²) in [5, 5.41) is 6.63. The first-order valence-corrected chi connectivity index (χ1v) is 8.13. The smallest absolute Gasteiger partial charge is 0.241 e. The Morgan fingerprint density at radius 1 is 1.60 bits per heavy atom. The van der Waals surface area contributed by atoms with Gasteiger partial charge >= 0.3 is 0 Å². The summed E-state index contributed by atoms with van der Waals surface area (Å²) < 4.78 is 28.6. The summed E-state index contributed by atoms with van der Waals surface area (Å²) in [4.78, 5) is 11.8. The number of nitrogens with one attached hydrogen (secondary N) is 1. The molecule has 1 aromatic heterocycles. The van der Waals surface area contributed by atoms with Crippen LogP contribution in [0.25, 0.3) is 0 Å². The van der Waals surface area contributed by atoms with Crippen molar-refractivity contribution in [2.45, 2.75) is 19.0 Å². The topological polar surface area (TPSA) is 116 Å². The first-order valence-electron chi connectivity index (χ1n) is 6.07. The Morgan fingerprint density at radius 3 is 2.90 bits per heavy atom. The van der Waals surface area contributed by atoms with Crippen LogP contribution in [0.4, 0.5) is 5.69 Å². The molecule has 1 amide bonds. The number of rotatable bonds is 8. The molecule has 1 unspecified atom stereocenters. The van der Waals surface area contributed by atoms with Crippen LogP contribution in [0.2, 0.25) is 0 Å². The molecule has 1 rings (SSSR count). The Bertz CT molecular complexity index is 540. The third-order valence-corrected chi connectivity index (χ3v) is 3.54. The number of sulfone groups is 1. The molecule has 3 N–H and O–H groups in total. The third kappa shape index (κ3) is 6.13. The fourth-order valence-electron chi connectivity index (χ4n) is 1.44. The van der Waals surface area contributed by atoms with Crippen LogP contribution in [-0.2, 0) is 25.9 Å². The molecule has 0 radical (unpaired) electrons. The molecule has 0 saturated carbocycles. The molecule has 0 fully saturated rings. The number of ether oxygens (including phenoxy) is 1. The van der Waals surface area contributed by atoms with Gasteiger partial charge in [0.1, 0.15) is 9.84 Å². The minimum atomic E-state index is -3.12. The molecule has 114 valence electrons. The fraction of sp³-hybridized carbons (Fsp3) is 0.636. The minimum Gasteiger partial charge on any atom is -0.383 e. The molecule has 0 bridgehead atoms. The summed E-state index contributed by atoms with van der Waals surface area (Å²) in [6.45, 7) is 1.09. The van der Waals surface area contributed by atoms with E-state index in [0.29, 0.717) is 18.8 Å². The predicted molar refractivity (Wildman–Crippen MR) is 75.0 cm³/mol. The number of methoxy groups -OCH3 is 1. The zero-order valence-corrected chi connectivity index (χ0v) is 12.4. The second-order valence-corrected chi connectivity index (χ2v) is 6.76. The summed E-state index contributed by atoms with van der Waals surface area (Å²) in [6.07, 6.45) is 4.34. The van der Waals surface area contributed by atoms with Crippen molar-refractivity contribution in [3.05, 3.63) is 12.4 Å². The lowest BCUT2D eigenvalue weighted by Gasteiger charge is -2.10. The summed E-state index contributed by atoms with van der Waals surface area (Å²) in [5.74, 6) is -0.547. The van der Waals surface area contributed by atoms with Crippen LogP contribution >= 0.6 is 0 Å². The Kier molecular flexibility index (Phi) is 6.11. The average Bonchev–Trinajstić information content (AvgIpc) is 2.80. The SMILES string of the molecule is COCCn1cc(NC(=O)C(N)CCS(C)(=O)=O)cn1. The number of nitrogens with zero attached hydrogens (tertiary/aromatic N) is 2. The third-order valence-electron chi connectivity index (χ3n) is 2.56. The van der Waals surface area contributed by atoms with Crippen molar-refractivity contribution in [1.82, 2.24) is 9.78 Å². The van der Waals surface area contributed by atoms with Crippen LogP contribution < -0.4 is 11.1 Å². The van der Waals surface area contributed by atoms with Gasteiger partial charge in [0.25, 0.3) is 0 Å². The molecule has 8 nitrogen and oxygen atoms in total. The average molecular weight is 304 g/mol. The number of nitrogens with two attached hydrogens (primary N) is 1. The lowest BCUT2D eigenvalue weighted by atomic mass is 10.2. The van der Waals surface area contributed by atoms with Gasteiger partial charge < -0.3 is 15.8 Å². The lowest BCUT2D eigenvalue weighted by molar-refractivity contribution is -0.117. The fourth-order valence-corrected chi connectivity index (χ4v) is 2.12. The van der Waals surface area contributed by atoms with Crippen LogP contribution in [-0.4, -0.2) is 55.9 Å². The van der Waals surface area contributed by atoms with Crippen LogP contribution in [0.1, 0.15) is 6.42 Å². The van der Waals surface area contributed by atoms with Crippen molar-refractivity contribution in [3.63, 3.8) is 0 Å². The summed E-state index contributed by atoms with van der Waals surface area (Å²) in [5.41, 5.74) is 6.15. The van der Waals surface area contributed by atoms with Crippen LogP contribution in [0, 0.1) is 0 Å². The number of carbonyl (C=O) groups is 1. The highest BCUT2D eigenvalue weighted by Crippen LogP contribution is 2.06. The zero-order valence-electron chi connectivity index (χ0n) is 11.6. The minimum absolute atomic E-state index is 0.0858. The Hall–Kier alpha value is -1.45. The van der Waals surface area contributed by atoms with E-state index in [2.05, 4.69) is 10.4 Å². The quantitative estimate of drug-likeness (QED) is 0.651. The highest BCUT2D eigenvalue weighted by molar-refractivity contribution is 7.90. The van der Waals surface area contributed by atoms with Crippen LogP contribution in [0.3, 0.4) is 0 Å². The molecule has 1 atom stereocenters. The summed E-state index contributed by atoms with van der Waals surface area (Å²) >= 11 is 0. The van der Waals surface area contributed by atoms with E-state index in [-0.39, 0.29) is 12.2 Å². The number of anilines is 1. The maximum absolute atomic E-state index is 11.8. The molecule has 0 aliphatic rings. The van der Waals surface area contributed by atoms with Crippen molar-refractivity contribution in [1.29, 1.82) is 0 Å². The van der Waals surface area contributed by atoms with Gasteiger partial charge in [0.15, 0.2) is 0 Å². The van der Waals surface area contributed by atoms with E-state index in [1.165, 1.54) is 6.20 Å². The van der Waals surface area contributed by atoms with Crippen molar-refractivity contribution >= 4 is 21.4 Å². The summed E-state index contributed by atoms with van der Waals surface area (Å²) in [7, 11) is -1.53. The van der Waals surface area contributed by atoms with E-state index < -0.39 is 21.8 Å². The number of amides is 1. The molecule has 9 heteroatoms. The number of aromatic nitrogens is 2.